The molecule has 0 spiro atoms. The molecule has 160 valence electrons. The highest BCUT2D eigenvalue weighted by Crippen LogP contribution is 2.37. The van der Waals surface area contributed by atoms with Gasteiger partial charge in [0, 0.05) is 10.6 Å². The Balaban J connectivity index is 1.79. The Hall–Kier alpha value is -3.46. The Bertz CT molecular complexity index is 1100. The lowest BCUT2D eigenvalue weighted by Crippen LogP contribution is -2.18. The summed E-state index contributed by atoms with van der Waals surface area (Å²) >= 11 is -0.270. The molecule has 0 fully saturated rings. The lowest BCUT2D eigenvalue weighted by molar-refractivity contribution is -0.0328. The standard InChI is InChI=1S/C22H17F3N2O3S/c1-30-19-12-5-3-10-17(19)21(29)27-18-11-4-2-9-16(18)20(28)26-14-7-6-8-15(13-14)31-22(23,24)25/h2-13H,1H3,(H,26,28)(H,27,29). The van der Waals surface area contributed by atoms with Crippen LogP contribution < -0.4 is 15.4 Å². The molecule has 0 aliphatic heterocycles. The highest BCUT2D eigenvalue weighted by molar-refractivity contribution is 8.00. The molecule has 0 aromatic heterocycles. The zero-order chi connectivity index (χ0) is 22.4. The fourth-order valence-corrected chi connectivity index (χ4v) is 3.38. The van der Waals surface area contributed by atoms with Gasteiger partial charge in [0.15, 0.2) is 0 Å². The summed E-state index contributed by atoms with van der Waals surface area (Å²) in [6.45, 7) is 0. The van der Waals surface area contributed by atoms with Crippen LogP contribution in [0.5, 0.6) is 5.75 Å². The van der Waals surface area contributed by atoms with Gasteiger partial charge >= 0.3 is 5.51 Å². The number of carbonyl (C=O) groups excluding carboxylic acids is 2. The van der Waals surface area contributed by atoms with E-state index >= 15 is 0 Å². The van der Waals surface area contributed by atoms with Crippen LogP contribution in [0.3, 0.4) is 0 Å². The molecule has 3 aromatic rings. The van der Waals surface area contributed by atoms with E-state index in [0.29, 0.717) is 5.75 Å². The number of halogens is 3. The van der Waals surface area contributed by atoms with Gasteiger partial charge in [-0.1, -0.05) is 30.3 Å². The first-order valence-electron chi connectivity index (χ1n) is 8.97. The van der Waals surface area contributed by atoms with Crippen molar-refractivity contribution in [1.82, 2.24) is 0 Å². The third kappa shape index (κ3) is 6.02. The van der Waals surface area contributed by atoms with Gasteiger partial charge in [0.25, 0.3) is 11.8 Å². The van der Waals surface area contributed by atoms with Crippen molar-refractivity contribution in [2.75, 3.05) is 17.7 Å². The second-order valence-electron chi connectivity index (χ2n) is 6.23. The van der Waals surface area contributed by atoms with Crippen molar-refractivity contribution in [3.63, 3.8) is 0 Å². The van der Waals surface area contributed by atoms with Gasteiger partial charge in [-0.3, -0.25) is 9.59 Å². The second kappa shape index (κ2) is 9.57. The molecule has 3 rings (SSSR count). The van der Waals surface area contributed by atoms with Crippen molar-refractivity contribution in [1.29, 1.82) is 0 Å². The summed E-state index contributed by atoms with van der Waals surface area (Å²) in [5, 5.41) is 5.24. The SMILES string of the molecule is COc1ccccc1C(=O)Nc1ccccc1C(=O)Nc1cccc(SC(F)(F)F)c1. The normalized spacial score (nSPS) is 11.0. The highest BCUT2D eigenvalue weighted by Gasteiger charge is 2.29. The van der Waals surface area contributed by atoms with Crippen LogP contribution in [-0.2, 0) is 0 Å². The first kappa shape index (κ1) is 22.2. The number of para-hydroxylation sites is 2. The quantitative estimate of drug-likeness (QED) is 0.469. The van der Waals surface area contributed by atoms with Crippen LogP contribution in [0.4, 0.5) is 24.5 Å². The van der Waals surface area contributed by atoms with E-state index in [0.717, 1.165) is 0 Å². The molecule has 0 aliphatic rings. The number of alkyl halides is 3. The summed E-state index contributed by atoms with van der Waals surface area (Å²) in [5.41, 5.74) is -3.54. The van der Waals surface area contributed by atoms with Gasteiger partial charge in [0.1, 0.15) is 5.75 Å². The van der Waals surface area contributed by atoms with Crippen LogP contribution in [0, 0.1) is 0 Å². The van der Waals surface area contributed by atoms with Gasteiger partial charge in [-0.15, -0.1) is 0 Å². The number of benzene rings is 3. The minimum atomic E-state index is -4.43. The van der Waals surface area contributed by atoms with Gasteiger partial charge in [0.2, 0.25) is 0 Å². The Morgan fingerprint density at radius 1 is 0.839 bits per heavy atom. The maximum absolute atomic E-state index is 12.8. The number of hydrogen-bond acceptors (Lipinski definition) is 4. The molecule has 2 N–H and O–H groups in total. The van der Waals surface area contributed by atoms with Crippen LogP contribution in [-0.4, -0.2) is 24.4 Å². The van der Waals surface area contributed by atoms with Gasteiger partial charge in [-0.05, 0) is 54.2 Å². The zero-order valence-corrected chi connectivity index (χ0v) is 17.0. The summed E-state index contributed by atoms with van der Waals surface area (Å²) < 4.78 is 43.0. The van der Waals surface area contributed by atoms with E-state index in [9.17, 15) is 22.8 Å². The molecular formula is C22H17F3N2O3S. The summed E-state index contributed by atoms with van der Waals surface area (Å²) in [4.78, 5) is 25.4. The van der Waals surface area contributed by atoms with E-state index in [1.165, 1.54) is 37.4 Å². The molecule has 9 heteroatoms. The number of nitrogens with one attached hydrogen (secondary N) is 2. The predicted octanol–water partition coefficient (Wildman–Crippen LogP) is 5.81. The number of thioether (sulfide) groups is 1. The zero-order valence-electron chi connectivity index (χ0n) is 16.2. The third-order valence-corrected chi connectivity index (χ3v) is 4.82. The number of carbonyl (C=O) groups is 2. The lowest BCUT2D eigenvalue weighted by Gasteiger charge is -2.13. The average Bonchev–Trinajstić information content (AvgIpc) is 2.73. The molecule has 0 saturated heterocycles. The molecule has 0 unspecified atom stereocenters. The number of anilines is 2. The molecule has 0 atom stereocenters. The fourth-order valence-electron chi connectivity index (χ4n) is 2.78. The molecule has 0 bridgehead atoms. The predicted molar refractivity (Wildman–Crippen MR) is 114 cm³/mol. The minimum Gasteiger partial charge on any atom is -0.496 e. The number of amides is 2. The van der Waals surface area contributed by atoms with Crippen molar-refractivity contribution in [3.8, 4) is 5.75 Å². The van der Waals surface area contributed by atoms with Crippen LogP contribution >= 0.6 is 11.8 Å². The minimum absolute atomic E-state index is 0.0527. The van der Waals surface area contributed by atoms with Gasteiger partial charge in [-0.25, -0.2) is 0 Å². The first-order valence-corrected chi connectivity index (χ1v) is 9.79. The molecule has 0 saturated carbocycles. The van der Waals surface area contributed by atoms with Crippen molar-refractivity contribution < 1.29 is 27.5 Å². The summed E-state index contributed by atoms with van der Waals surface area (Å²) in [6, 6.07) is 18.4. The van der Waals surface area contributed by atoms with E-state index in [4.69, 9.17) is 4.74 Å². The monoisotopic (exact) mass is 446 g/mol. The number of methoxy groups -OCH3 is 1. The van der Waals surface area contributed by atoms with Crippen LogP contribution in [0.1, 0.15) is 20.7 Å². The smallest absolute Gasteiger partial charge is 0.446 e. The van der Waals surface area contributed by atoms with Crippen molar-refractivity contribution in [2.24, 2.45) is 0 Å². The Morgan fingerprint density at radius 2 is 1.48 bits per heavy atom. The second-order valence-corrected chi connectivity index (χ2v) is 7.37. The van der Waals surface area contributed by atoms with Gasteiger partial charge in [-0.2, -0.15) is 13.2 Å². The van der Waals surface area contributed by atoms with E-state index in [2.05, 4.69) is 10.6 Å². The maximum Gasteiger partial charge on any atom is 0.446 e. The molecule has 31 heavy (non-hydrogen) atoms. The maximum atomic E-state index is 12.8. The van der Waals surface area contributed by atoms with Gasteiger partial charge in [0.05, 0.1) is 23.9 Å². The molecule has 5 nitrogen and oxygen atoms in total. The van der Waals surface area contributed by atoms with E-state index in [-0.39, 0.29) is 39.2 Å². The van der Waals surface area contributed by atoms with Crippen LogP contribution in [0.15, 0.2) is 77.7 Å². The Labute approximate surface area is 180 Å². The molecule has 0 heterocycles. The van der Waals surface area contributed by atoms with Crippen molar-refractivity contribution >= 4 is 35.0 Å². The average molecular weight is 446 g/mol. The lowest BCUT2D eigenvalue weighted by atomic mass is 10.1. The first-order chi connectivity index (χ1) is 14.8. The summed E-state index contributed by atoms with van der Waals surface area (Å²) in [6.07, 6.45) is 0. The van der Waals surface area contributed by atoms with Crippen molar-refractivity contribution in [3.05, 3.63) is 83.9 Å². The van der Waals surface area contributed by atoms with Crippen molar-refractivity contribution in [2.45, 2.75) is 10.4 Å². The fraction of sp³-hybridized carbons (Fsp3) is 0.0909. The molecular weight excluding hydrogens is 429 g/mol. The Kier molecular flexibility index (Phi) is 6.86. The molecule has 3 aromatic carbocycles. The van der Waals surface area contributed by atoms with E-state index < -0.39 is 17.3 Å². The number of hydrogen-bond donors (Lipinski definition) is 2. The van der Waals surface area contributed by atoms with Crippen LogP contribution in [0.25, 0.3) is 0 Å². The third-order valence-electron chi connectivity index (χ3n) is 4.10. The Morgan fingerprint density at radius 3 is 2.19 bits per heavy atom. The topological polar surface area (TPSA) is 67.4 Å². The summed E-state index contributed by atoms with van der Waals surface area (Å²) in [7, 11) is 1.44. The van der Waals surface area contributed by atoms with E-state index in [1.807, 2.05) is 0 Å². The molecule has 2 amide bonds. The van der Waals surface area contributed by atoms with E-state index in [1.54, 1.807) is 42.5 Å². The van der Waals surface area contributed by atoms with Crippen LogP contribution in [0.2, 0.25) is 0 Å². The van der Waals surface area contributed by atoms with Gasteiger partial charge < -0.3 is 15.4 Å². The molecule has 0 radical (unpaired) electrons. The largest absolute Gasteiger partial charge is 0.496 e. The summed E-state index contributed by atoms with van der Waals surface area (Å²) in [5.74, 6) is -0.674. The molecule has 0 aliphatic carbocycles. The highest BCUT2D eigenvalue weighted by atomic mass is 32.2. The number of rotatable bonds is 6. The number of ether oxygens (including phenoxy) is 1.